The number of nitrogens with one attached hydrogen (secondary N) is 2. The number of carbonyl (C=O) groups excluding carboxylic acids is 2. The first-order valence-corrected chi connectivity index (χ1v) is 9.47. The van der Waals surface area contributed by atoms with Gasteiger partial charge < -0.3 is 15.5 Å². The lowest BCUT2D eigenvalue weighted by Gasteiger charge is -2.34. The number of hydrogen-bond acceptors (Lipinski definition) is 3. The standard InChI is InChI=1S/C18H31N3O2.ClH/c1-2-7-19-18(23)14-4-3-8-21(12-14)17(22)11-13-9-15-5-6-16(10-13)20-15;/h13-16,20H,2-12H2,1H3,(H,19,23);1H. The lowest BCUT2D eigenvalue weighted by molar-refractivity contribution is -0.136. The minimum absolute atomic E-state index is 0. The third-order valence-electron chi connectivity index (χ3n) is 5.73. The normalized spacial score (nSPS) is 32.1. The van der Waals surface area contributed by atoms with Crippen molar-refractivity contribution in [3.63, 3.8) is 0 Å². The van der Waals surface area contributed by atoms with Crippen LogP contribution < -0.4 is 10.6 Å². The van der Waals surface area contributed by atoms with Gasteiger partial charge >= 0.3 is 0 Å². The average molecular weight is 358 g/mol. The van der Waals surface area contributed by atoms with Gasteiger partial charge in [0.25, 0.3) is 0 Å². The first-order chi connectivity index (χ1) is 11.2. The minimum Gasteiger partial charge on any atom is -0.356 e. The highest BCUT2D eigenvalue weighted by Crippen LogP contribution is 2.33. The summed E-state index contributed by atoms with van der Waals surface area (Å²) in [7, 11) is 0. The molecule has 3 rings (SSSR count). The third-order valence-corrected chi connectivity index (χ3v) is 5.73. The molecule has 3 atom stereocenters. The van der Waals surface area contributed by atoms with Crippen LogP contribution in [0.25, 0.3) is 0 Å². The van der Waals surface area contributed by atoms with E-state index in [-0.39, 0.29) is 30.1 Å². The SMILES string of the molecule is CCCNC(=O)C1CCCN(C(=O)CC2CC3CCC(C2)N3)C1.Cl. The molecule has 0 aromatic heterocycles. The molecule has 2 N–H and O–H groups in total. The predicted molar refractivity (Wildman–Crippen MR) is 97.1 cm³/mol. The summed E-state index contributed by atoms with van der Waals surface area (Å²) in [6.45, 7) is 4.24. The summed E-state index contributed by atoms with van der Waals surface area (Å²) < 4.78 is 0. The summed E-state index contributed by atoms with van der Waals surface area (Å²) in [6.07, 6.45) is 8.35. The van der Waals surface area contributed by atoms with E-state index in [9.17, 15) is 9.59 Å². The van der Waals surface area contributed by atoms with Gasteiger partial charge in [-0.1, -0.05) is 6.92 Å². The number of carbonyl (C=O) groups is 2. The lowest BCUT2D eigenvalue weighted by Crippen LogP contribution is -2.46. The minimum atomic E-state index is -0.0107. The van der Waals surface area contributed by atoms with Crippen molar-refractivity contribution in [1.82, 2.24) is 15.5 Å². The predicted octanol–water partition coefficient (Wildman–Crippen LogP) is 2.09. The van der Waals surface area contributed by atoms with Crippen LogP contribution in [-0.4, -0.2) is 48.4 Å². The Kier molecular flexibility index (Phi) is 7.35. The first kappa shape index (κ1) is 19.5. The highest BCUT2D eigenvalue weighted by atomic mass is 35.5. The second-order valence-electron chi connectivity index (χ2n) is 7.65. The number of nitrogens with zero attached hydrogens (tertiary/aromatic N) is 1. The molecule has 138 valence electrons. The summed E-state index contributed by atoms with van der Waals surface area (Å²) in [5.74, 6) is 0.924. The third kappa shape index (κ3) is 4.85. The molecule has 0 spiro atoms. The van der Waals surface area contributed by atoms with Gasteiger partial charge in [-0.25, -0.2) is 0 Å². The van der Waals surface area contributed by atoms with E-state index >= 15 is 0 Å². The van der Waals surface area contributed by atoms with E-state index in [1.165, 1.54) is 12.8 Å². The molecule has 0 aliphatic carbocycles. The molecule has 3 fully saturated rings. The van der Waals surface area contributed by atoms with Crippen LogP contribution in [-0.2, 0) is 9.59 Å². The van der Waals surface area contributed by atoms with Crippen LogP contribution in [0, 0.1) is 11.8 Å². The zero-order chi connectivity index (χ0) is 16.2. The van der Waals surface area contributed by atoms with E-state index in [0.29, 0.717) is 31.0 Å². The molecule has 5 nitrogen and oxygen atoms in total. The fourth-order valence-electron chi connectivity index (χ4n) is 4.53. The Bertz CT molecular complexity index is 434. The molecule has 3 aliphatic rings. The Morgan fingerprint density at radius 1 is 1.17 bits per heavy atom. The molecule has 3 heterocycles. The average Bonchev–Trinajstić information content (AvgIpc) is 2.91. The second kappa shape index (κ2) is 9.04. The molecule has 0 aromatic carbocycles. The van der Waals surface area contributed by atoms with Crippen molar-refractivity contribution in [1.29, 1.82) is 0 Å². The van der Waals surface area contributed by atoms with Gasteiger partial charge in [0.15, 0.2) is 0 Å². The fourth-order valence-corrected chi connectivity index (χ4v) is 4.53. The lowest BCUT2D eigenvalue weighted by atomic mass is 9.88. The number of piperidine rings is 2. The Morgan fingerprint density at radius 2 is 1.88 bits per heavy atom. The van der Waals surface area contributed by atoms with Gasteiger partial charge in [-0.05, 0) is 50.9 Å². The van der Waals surface area contributed by atoms with Gasteiger partial charge in [-0.15, -0.1) is 12.4 Å². The molecule has 0 saturated carbocycles. The van der Waals surface area contributed by atoms with Crippen LogP contribution in [0.1, 0.15) is 58.3 Å². The summed E-state index contributed by atoms with van der Waals surface area (Å²) >= 11 is 0. The van der Waals surface area contributed by atoms with Crippen LogP contribution in [0.15, 0.2) is 0 Å². The van der Waals surface area contributed by atoms with Crippen molar-refractivity contribution in [2.45, 2.75) is 70.4 Å². The summed E-state index contributed by atoms with van der Waals surface area (Å²) in [5.41, 5.74) is 0. The van der Waals surface area contributed by atoms with Crippen LogP contribution in [0.3, 0.4) is 0 Å². The van der Waals surface area contributed by atoms with Crippen molar-refractivity contribution >= 4 is 24.2 Å². The van der Waals surface area contributed by atoms with Crippen LogP contribution in [0.2, 0.25) is 0 Å². The quantitative estimate of drug-likeness (QED) is 0.792. The maximum atomic E-state index is 12.7. The smallest absolute Gasteiger partial charge is 0.224 e. The molecule has 3 unspecified atom stereocenters. The maximum absolute atomic E-state index is 12.7. The monoisotopic (exact) mass is 357 g/mol. The second-order valence-corrected chi connectivity index (χ2v) is 7.65. The number of hydrogen-bond donors (Lipinski definition) is 2. The van der Waals surface area contributed by atoms with Crippen molar-refractivity contribution in [2.24, 2.45) is 11.8 Å². The van der Waals surface area contributed by atoms with E-state index in [2.05, 4.69) is 17.6 Å². The highest BCUT2D eigenvalue weighted by molar-refractivity contribution is 5.85. The number of halogens is 1. The highest BCUT2D eigenvalue weighted by Gasteiger charge is 2.35. The summed E-state index contributed by atoms with van der Waals surface area (Å²) in [4.78, 5) is 26.8. The van der Waals surface area contributed by atoms with Gasteiger partial charge in [0.1, 0.15) is 0 Å². The molecule has 3 aliphatic heterocycles. The molecule has 0 radical (unpaired) electrons. The van der Waals surface area contributed by atoms with Crippen LogP contribution in [0.4, 0.5) is 0 Å². The van der Waals surface area contributed by atoms with Gasteiger partial charge in [-0.2, -0.15) is 0 Å². The number of fused-ring (bicyclic) bond motifs is 2. The largest absolute Gasteiger partial charge is 0.356 e. The Morgan fingerprint density at radius 3 is 2.54 bits per heavy atom. The molecule has 0 aromatic rings. The molecule has 24 heavy (non-hydrogen) atoms. The van der Waals surface area contributed by atoms with E-state index in [1.807, 2.05) is 4.90 Å². The Hall–Kier alpha value is -0.810. The molecule has 2 amide bonds. The first-order valence-electron chi connectivity index (χ1n) is 9.47. The molecule has 3 saturated heterocycles. The topological polar surface area (TPSA) is 61.4 Å². The van der Waals surface area contributed by atoms with Crippen molar-refractivity contribution in [3.8, 4) is 0 Å². The van der Waals surface area contributed by atoms with Gasteiger partial charge in [0, 0.05) is 38.1 Å². The Labute approximate surface area is 151 Å². The zero-order valence-electron chi connectivity index (χ0n) is 14.8. The van der Waals surface area contributed by atoms with Crippen molar-refractivity contribution < 1.29 is 9.59 Å². The zero-order valence-corrected chi connectivity index (χ0v) is 15.6. The molecule has 2 bridgehead atoms. The number of rotatable bonds is 5. The van der Waals surface area contributed by atoms with Crippen molar-refractivity contribution in [3.05, 3.63) is 0 Å². The molecular weight excluding hydrogens is 326 g/mol. The van der Waals surface area contributed by atoms with Gasteiger partial charge in [0.05, 0.1) is 5.92 Å². The Balaban J connectivity index is 0.00000208. The number of likely N-dealkylation sites (tertiary alicyclic amines) is 1. The van der Waals surface area contributed by atoms with E-state index < -0.39 is 0 Å². The maximum Gasteiger partial charge on any atom is 0.224 e. The van der Waals surface area contributed by atoms with Gasteiger partial charge in [-0.3, -0.25) is 9.59 Å². The van der Waals surface area contributed by atoms with Crippen molar-refractivity contribution in [2.75, 3.05) is 19.6 Å². The van der Waals surface area contributed by atoms with E-state index in [1.54, 1.807) is 0 Å². The van der Waals surface area contributed by atoms with Crippen LogP contribution in [0.5, 0.6) is 0 Å². The summed E-state index contributed by atoms with van der Waals surface area (Å²) in [5, 5.41) is 6.61. The fraction of sp³-hybridized carbons (Fsp3) is 0.889. The number of amides is 2. The molecule has 6 heteroatoms. The molecular formula is C18H32ClN3O2. The van der Waals surface area contributed by atoms with E-state index in [4.69, 9.17) is 0 Å². The van der Waals surface area contributed by atoms with Gasteiger partial charge in [0.2, 0.25) is 11.8 Å². The van der Waals surface area contributed by atoms with E-state index in [0.717, 1.165) is 45.2 Å². The summed E-state index contributed by atoms with van der Waals surface area (Å²) in [6, 6.07) is 1.28. The van der Waals surface area contributed by atoms with Crippen LogP contribution >= 0.6 is 12.4 Å².